The minimum absolute atomic E-state index is 0.161. The maximum Gasteiger partial charge on any atom is 0.330 e. The number of benzene rings is 3. The van der Waals surface area contributed by atoms with E-state index in [9.17, 15) is 9.59 Å². The number of imidazole rings is 1. The average molecular weight is 431 g/mol. The Morgan fingerprint density at radius 1 is 1.03 bits per heavy atom. The van der Waals surface area contributed by atoms with Crippen molar-refractivity contribution in [3.8, 4) is 22.7 Å². The van der Waals surface area contributed by atoms with E-state index in [1.807, 2.05) is 36.4 Å². The Morgan fingerprint density at radius 2 is 1.77 bits per heavy atom. The van der Waals surface area contributed by atoms with Crippen LogP contribution in [0.3, 0.4) is 0 Å². The number of allylic oxidation sites excluding steroid dienone is 1. The van der Waals surface area contributed by atoms with Gasteiger partial charge in [-0.25, -0.2) is 4.79 Å². The third kappa shape index (κ3) is 4.52. The lowest BCUT2D eigenvalue weighted by Gasteiger charge is -2.09. The highest BCUT2D eigenvalue weighted by Crippen LogP contribution is 2.24. The van der Waals surface area contributed by atoms with Gasteiger partial charge in [0.05, 0.1) is 18.5 Å². The number of rotatable bonds is 6. The van der Waals surface area contributed by atoms with Crippen LogP contribution in [0.2, 0.25) is 5.02 Å². The summed E-state index contributed by atoms with van der Waals surface area (Å²) in [4.78, 5) is 28.0. The number of halogens is 1. The number of carbonyl (C=O) groups excluding carboxylic acids is 1. The Hall–Kier alpha value is -3.83. The number of ether oxygens (including phenoxy) is 1. The van der Waals surface area contributed by atoms with Crippen LogP contribution in [0.4, 0.5) is 0 Å². The van der Waals surface area contributed by atoms with Gasteiger partial charge in [-0.15, -0.1) is 0 Å². The lowest BCUT2D eigenvalue weighted by Crippen LogP contribution is -2.16. The minimum atomic E-state index is -0.285. The highest BCUT2D eigenvalue weighted by atomic mass is 35.5. The molecule has 0 aliphatic heterocycles. The molecule has 0 atom stereocenters. The molecule has 154 valence electrons. The van der Waals surface area contributed by atoms with Crippen molar-refractivity contribution in [2.24, 2.45) is 0 Å². The number of aromatic nitrogens is 2. The van der Waals surface area contributed by atoms with E-state index in [1.54, 1.807) is 60.3 Å². The second-order valence-electron chi connectivity index (χ2n) is 6.84. The Labute approximate surface area is 184 Å². The van der Waals surface area contributed by atoms with Crippen molar-refractivity contribution in [1.29, 1.82) is 0 Å². The molecule has 0 aliphatic rings. The zero-order valence-corrected chi connectivity index (χ0v) is 17.5. The Morgan fingerprint density at radius 3 is 2.48 bits per heavy atom. The molecule has 1 N–H and O–H groups in total. The molecule has 0 fully saturated rings. The zero-order valence-electron chi connectivity index (χ0n) is 16.7. The first-order valence-corrected chi connectivity index (χ1v) is 9.96. The molecule has 0 aliphatic carbocycles. The summed E-state index contributed by atoms with van der Waals surface area (Å²) in [6, 6.07) is 21.6. The monoisotopic (exact) mass is 430 g/mol. The van der Waals surface area contributed by atoms with Gasteiger partial charge in [0.25, 0.3) is 0 Å². The number of H-pyrrole nitrogens is 1. The van der Waals surface area contributed by atoms with Crippen molar-refractivity contribution in [2.75, 3.05) is 7.11 Å². The molecule has 0 unspecified atom stereocenters. The van der Waals surface area contributed by atoms with Gasteiger partial charge in [0.15, 0.2) is 5.78 Å². The van der Waals surface area contributed by atoms with E-state index in [2.05, 4.69) is 4.98 Å². The molecule has 1 heterocycles. The Balaban J connectivity index is 1.65. The van der Waals surface area contributed by atoms with Gasteiger partial charge in [-0.05, 0) is 60.2 Å². The van der Waals surface area contributed by atoms with Gasteiger partial charge in [-0.2, -0.15) is 0 Å². The van der Waals surface area contributed by atoms with Gasteiger partial charge in [0.2, 0.25) is 0 Å². The summed E-state index contributed by atoms with van der Waals surface area (Å²) in [7, 11) is 1.60. The summed E-state index contributed by atoms with van der Waals surface area (Å²) >= 11 is 5.89. The van der Waals surface area contributed by atoms with Crippen molar-refractivity contribution < 1.29 is 9.53 Å². The van der Waals surface area contributed by atoms with Gasteiger partial charge in [-0.1, -0.05) is 41.9 Å². The highest BCUT2D eigenvalue weighted by Gasteiger charge is 2.12. The summed E-state index contributed by atoms with van der Waals surface area (Å²) in [5.74, 6) is 0.569. The Kier molecular flexibility index (Phi) is 5.87. The molecular formula is C25H19ClN2O3. The fourth-order valence-corrected chi connectivity index (χ4v) is 3.37. The maximum absolute atomic E-state index is 12.7. The molecular weight excluding hydrogens is 412 g/mol. The summed E-state index contributed by atoms with van der Waals surface area (Å²) in [6.07, 6.45) is 4.89. The molecule has 1 aromatic heterocycles. The molecule has 0 saturated carbocycles. The topological polar surface area (TPSA) is 64.1 Å². The fraction of sp³-hybridized carbons (Fsp3) is 0.0400. The average Bonchev–Trinajstić information content (AvgIpc) is 3.20. The first kappa shape index (κ1) is 20.4. The summed E-state index contributed by atoms with van der Waals surface area (Å²) in [6.45, 7) is 0. The van der Waals surface area contributed by atoms with Gasteiger partial charge < -0.3 is 9.72 Å². The normalized spacial score (nSPS) is 11.0. The largest absolute Gasteiger partial charge is 0.497 e. The first-order chi connectivity index (χ1) is 15.0. The van der Waals surface area contributed by atoms with Crippen LogP contribution in [0.1, 0.15) is 15.9 Å². The van der Waals surface area contributed by atoms with Gasteiger partial charge in [0.1, 0.15) is 5.75 Å². The number of nitrogens with zero attached hydrogens (tertiary/aromatic N) is 1. The lowest BCUT2D eigenvalue weighted by atomic mass is 10.1. The van der Waals surface area contributed by atoms with E-state index in [4.69, 9.17) is 16.3 Å². The molecule has 0 saturated heterocycles. The molecule has 0 bridgehead atoms. The van der Waals surface area contributed by atoms with Crippen LogP contribution in [-0.2, 0) is 0 Å². The Bertz CT molecular complexity index is 1300. The van der Waals surface area contributed by atoms with Crippen LogP contribution in [0, 0.1) is 0 Å². The lowest BCUT2D eigenvalue weighted by molar-refractivity contribution is 0.104. The fourth-order valence-electron chi connectivity index (χ4n) is 3.24. The van der Waals surface area contributed by atoms with Crippen LogP contribution in [0.25, 0.3) is 23.0 Å². The number of hydrogen-bond donors (Lipinski definition) is 1. The van der Waals surface area contributed by atoms with Crippen LogP contribution >= 0.6 is 11.6 Å². The predicted octanol–water partition coefficient (Wildman–Crippen LogP) is 5.39. The van der Waals surface area contributed by atoms with Crippen molar-refractivity contribution in [1.82, 2.24) is 9.55 Å². The smallest absolute Gasteiger partial charge is 0.330 e. The van der Waals surface area contributed by atoms with Crippen LogP contribution in [-0.4, -0.2) is 22.4 Å². The van der Waals surface area contributed by atoms with E-state index in [0.29, 0.717) is 22.0 Å². The standard InChI is InChI=1S/C25H19ClN2O3/c1-31-22-12-8-18(9-13-22)23-16-27-25(30)28(23)21-4-2-3-19(15-21)24(29)14-7-17-5-10-20(26)11-6-17/h2-16H,1H3,(H,27,30). The number of methoxy groups -OCH3 is 1. The van der Waals surface area contributed by atoms with Crippen LogP contribution in [0.15, 0.2) is 89.9 Å². The molecule has 31 heavy (non-hydrogen) atoms. The zero-order chi connectivity index (χ0) is 21.8. The predicted molar refractivity (Wildman–Crippen MR) is 123 cm³/mol. The van der Waals surface area contributed by atoms with Gasteiger partial charge >= 0.3 is 5.69 Å². The van der Waals surface area contributed by atoms with Crippen molar-refractivity contribution >= 4 is 23.5 Å². The third-order valence-corrected chi connectivity index (χ3v) is 5.10. The van der Waals surface area contributed by atoms with Crippen molar-refractivity contribution in [3.63, 3.8) is 0 Å². The first-order valence-electron chi connectivity index (χ1n) is 9.58. The van der Waals surface area contributed by atoms with Crippen LogP contribution in [0.5, 0.6) is 5.75 Å². The molecule has 3 aromatic carbocycles. The van der Waals surface area contributed by atoms with E-state index < -0.39 is 0 Å². The summed E-state index contributed by atoms with van der Waals surface area (Å²) in [5.41, 5.74) is 3.21. The molecule has 0 radical (unpaired) electrons. The summed E-state index contributed by atoms with van der Waals surface area (Å²) < 4.78 is 6.74. The summed E-state index contributed by atoms with van der Waals surface area (Å²) in [5, 5.41) is 0.640. The van der Waals surface area contributed by atoms with Crippen molar-refractivity contribution in [2.45, 2.75) is 0 Å². The quantitative estimate of drug-likeness (QED) is 0.329. The SMILES string of the molecule is COc1ccc(-c2c[nH]c(=O)n2-c2cccc(C(=O)C=Cc3ccc(Cl)cc3)c2)cc1. The number of aromatic amines is 1. The second kappa shape index (κ2) is 8.90. The number of nitrogens with one attached hydrogen (secondary N) is 1. The molecule has 6 heteroatoms. The van der Waals surface area contributed by atoms with Crippen LogP contribution < -0.4 is 10.4 Å². The van der Waals surface area contributed by atoms with Crippen molar-refractivity contribution in [3.05, 3.63) is 112 Å². The maximum atomic E-state index is 12.7. The van der Waals surface area contributed by atoms with E-state index >= 15 is 0 Å². The van der Waals surface area contributed by atoms with E-state index in [0.717, 1.165) is 16.9 Å². The molecule has 0 spiro atoms. The number of hydrogen-bond acceptors (Lipinski definition) is 3. The number of carbonyl (C=O) groups is 1. The molecule has 5 nitrogen and oxygen atoms in total. The third-order valence-electron chi connectivity index (χ3n) is 4.85. The van der Waals surface area contributed by atoms with E-state index in [-0.39, 0.29) is 11.5 Å². The second-order valence-corrected chi connectivity index (χ2v) is 7.28. The van der Waals surface area contributed by atoms with Gasteiger partial charge in [-0.3, -0.25) is 9.36 Å². The molecule has 4 aromatic rings. The van der Waals surface area contributed by atoms with E-state index in [1.165, 1.54) is 6.08 Å². The minimum Gasteiger partial charge on any atom is -0.497 e. The number of ketones is 1. The van der Waals surface area contributed by atoms with Gasteiger partial charge in [0, 0.05) is 22.3 Å². The molecule has 0 amide bonds. The molecule has 4 rings (SSSR count). The highest BCUT2D eigenvalue weighted by molar-refractivity contribution is 6.30.